The van der Waals surface area contributed by atoms with Crippen LogP contribution in [0, 0.1) is 17.8 Å². The monoisotopic (exact) mass is 817 g/mol. The van der Waals surface area contributed by atoms with Crippen molar-refractivity contribution >= 4 is 40.7 Å². The van der Waals surface area contributed by atoms with Crippen molar-refractivity contribution in [2.75, 3.05) is 13.6 Å². The lowest BCUT2D eigenvalue weighted by molar-refractivity contribution is -0.144. The Hall–Kier alpha value is -4.71. The second-order valence-corrected chi connectivity index (χ2v) is 16.5. The molecule has 0 aliphatic carbocycles. The zero-order valence-corrected chi connectivity index (χ0v) is 35.9. The second kappa shape index (κ2) is 24.4. The number of hydrogen-bond donors (Lipinski definition) is 4. The number of phenolic OH excluding ortho intramolecular Hbond substituents is 2. The Kier molecular flexibility index (Phi) is 20.1. The Morgan fingerprint density at radius 1 is 0.814 bits per heavy atom. The van der Waals surface area contributed by atoms with Gasteiger partial charge in [-0.25, -0.2) is 0 Å². The van der Waals surface area contributed by atoms with Crippen LogP contribution in [0.4, 0.5) is 0 Å². The van der Waals surface area contributed by atoms with E-state index in [2.05, 4.69) is 12.2 Å². The molecule has 5 atom stereocenters. The fraction of sp³-hybridized carbons (Fsp3) is 0.596. The van der Waals surface area contributed by atoms with E-state index in [4.69, 9.17) is 5.73 Å². The number of hydrogen-bond acceptors (Lipinski definition) is 10. The van der Waals surface area contributed by atoms with Gasteiger partial charge in [-0.3, -0.25) is 33.6 Å². The molecule has 1 aliphatic rings. The van der Waals surface area contributed by atoms with Crippen LogP contribution in [0.15, 0.2) is 36.4 Å². The molecular weight excluding hydrogens is 751 g/mol. The number of nitrogens with two attached hydrogens (primary N) is 1. The number of Topliss-reactive ketones (excluding diaryl/α,β-unsaturated/α-hetero) is 5. The number of likely N-dealkylation sites (N-methyl/N-ethyl adjacent to an activating group) is 1. The Morgan fingerprint density at radius 3 is 2.14 bits per heavy atom. The van der Waals surface area contributed by atoms with Gasteiger partial charge < -0.3 is 26.2 Å². The lowest BCUT2D eigenvalue weighted by atomic mass is 9.87. The summed E-state index contributed by atoms with van der Waals surface area (Å²) in [6.07, 6.45) is 7.98. The van der Waals surface area contributed by atoms with Crippen molar-refractivity contribution in [3.05, 3.63) is 47.5 Å². The smallest absolute Gasteiger partial charge is 0.226 e. The van der Waals surface area contributed by atoms with Gasteiger partial charge in [-0.2, -0.15) is 0 Å². The van der Waals surface area contributed by atoms with E-state index in [1.165, 1.54) is 36.2 Å². The van der Waals surface area contributed by atoms with Crippen LogP contribution in [-0.2, 0) is 40.0 Å². The maximum Gasteiger partial charge on any atom is 0.226 e. The summed E-state index contributed by atoms with van der Waals surface area (Å²) >= 11 is 0. The fourth-order valence-corrected chi connectivity index (χ4v) is 7.87. The number of amides is 2. The first-order valence-electron chi connectivity index (χ1n) is 21.6. The number of unbranched alkanes of at least 4 members (excludes halogenated alkanes) is 5. The Morgan fingerprint density at radius 2 is 1.46 bits per heavy atom. The normalized spacial score (nSPS) is 18.0. The number of carbonyl (C=O) groups is 7. The average molecular weight is 818 g/mol. The molecule has 5 N–H and O–H groups in total. The third kappa shape index (κ3) is 14.8. The molecule has 324 valence electrons. The highest BCUT2D eigenvalue weighted by atomic mass is 16.3. The number of aromatic hydroxyl groups is 2. The molecule has 0 saturated carbocycles. The van der Waals surface area contributed by atoms with Gasteiger partial charge in [-0.15, -0.1) is 0 Å². The zero-order valence-electron chi connectivity index (χ0n) is 35.9. The molecule has 4 bridgehead atoms. The largest absolute Gasteiger partial charge is 0.507 e. The van der Waals surface area contributed by atoms with Gasteiger partial charge in [0.25, 0.3) is 0 Å². The molecule has 12 nitrogen and oxygen atoms in total. The first kappa shape index (κ1) is 48.7. The fourth-order valence-electron chi connectivity index (χ4n) is 7.87. The molecule has 2 amide bonds. The molecule has 2 aromatic rings. The van der Waals surface area contributed by atoms with E-state index in [0.717, 1.165) is 32.1 Å². The van der Waals surface area contributed by atoms with Gasteiger partial charge in [0.15, 0.2) is 11.6 Å². The average Bonchev–Trinajstić information content (AvgIpc) is 3.20. The summed E-state index contributed by atoms with van der Waals surface area (Å²) in [5.74, 6) is -4.60. The van der Waals surface area contributed by atoms with E-state index in [9.17, 15) is 43.8 Å². The minimum absolute atomic E-state index is 0.0333. The molecule has 12 heteroatoms. The SMILES string of the molecule is CCCCCCCC(=O)CCCC(=O)C[C@@H](CCCCN)C(=O)N(C)[C@@H]1C(=O)C[C@@H](C)C(=O)N[C@H](C(=O)C[C@@H](C)C(=O)CC)Cc2ccc(O)c(c2)-c2cc1ccc2O. The maximum absolute atomic E-state index is 14.5. The van der Waals surface area contributed by atoms with Crippen molar-refractivity contribution in [2.45, 2.75) is 149 Å². The van der Waals surface area contributed by atoms with Crippen LogP contribution in [0.5, 0.6) is 11.5 Å². The highest BCUT2D eigenvalue weighted by Crippen LogP contribution is 2.39. The second-order valence-electron chi connectivity index (χ2n) is 16.5. The Bertz CT molecular complexity index is 1790. The zero-order chi connectivity index (χ0) is 43.6. The predicted octanol–water partition coefficient (Wildman–Crippen LogP) is 7.28. The van der Waals surface area contributed by atoms with Crippen LogP contribution < -0.4 is 11.1 Å². The topological polar surface area (TPSA) is 201 Å². The van der Waals surface area contributed by atoms with E-state index in [1.807, 2.05) is 0 Å². The van der Waals surface area contributed by atoms with Crippen molar-refractivity contribution in [1.82, 2.24) is 10.2 Å². The number of ketones is 5. The van der Waals surface area contributed by atoms with Crippen LogP contribution in [0.1, 0.15) is 148 Å². The molecule has 1 heterocycles. The van der Waals surface area contributed by atoms with Crippen molar-refractivity contribution < 1.29 is 43.8 Å². The molecule has 0 spiro atoms. The summed E-state index contributed by atoms with van der Waals surface area (Å²) in [5.41, 5.74) is 7.06. The number of rotatable bonds is 23. The predicted molar refractivity (Wildman–Crippen MR) is 227 cm³/mol. The van der Waals surface area contributed by atoms with E-state index in [1.54, 1.807) is 32.9 Å². The van der Waals surface area contributed by atoms with Gasteiger partial charge in [-0.05, 0) is 74.0 Å². The van der Waals surface area contributed by atoms with Crippen LogP contribution in [0.3, 0.4) is 0 Å². The maximum atomic E-state index is 14.5. The number of carbonyl (C=O) groups excluding carboxylic acids is 7. The highest BCUT2D eigenvalue weighted by Gasteiger charge is 2.36. The van der Waals surface area contributed by atoms with E-state index < -0.39 is 47.4 Å². The summed E-state index contributed by atoms with van der Waals surface area (Å²) in [6.45, 7) is 7.49. The lowest BCUT2D eigenvalue weighted by Crippen LogP contribution is -2.46. The molecule has 0 saturated heterocycles. The van der Waals surface area contributed by atoms with Crippen LogP contribution in [0.25, 0.3) is 11.1 Å². The molecule has 0 unspecified atom stereocenters. The molecule has 59 heavy (non-hydrogen) atoms. The summed E-state index contributed by atoms with van der Waals surface area (Å²) in [5, 5.41) is 24.9. The summed E-state index contributed by atoms with van der Waals surface area (Å²) < 4.78 is 0. The molecule has 2 aromatic carbocycles. The molecule has 0 aromatic heterocycles. The van der Waals surface area contributed by atoms with Crippen LogP contribution in [0.2, 0.25) is 0 Å². The van der Waals surface area contributed by atoms with Gasteiger partial charge in [0.2, 0.25) is 11.8 Å². The number of nitrogens with zero attached hydrogens (tertiary/aromatic N) is 1. The van der Waals surface area contributed by atoms with Gasteiger partial charge in [0.1, 0.15) is 34.9 Å². The first-order valence-corrected chi connectivity index (χ1v) is 21.6. The van der Waals surface area contributed by atoms with Gasteiger partial charge in [0, 0.05) is 80.9 Å². The summed E-state index contributed by atoms with van der Waals surface area (Å²) in [7, 11) is 1.48. The van der Waals surface area contributed by atoms with Crippen molar-refractivity contribution in [3.63, 3.8) is 0 Å². The molecular formula is C47H67N3O9. The Balaban J connectivity index is 1.96. The molecule has 1 aliphatic heterocycles. The van der Waals surface area contributed by atoms with Crippen LogP contribution in [-0.4, -0.2) is 75.5 Å². The van der Waals surface area contributed by atoms with Crippen molar-refractivity contribution in [1.29, 1.82) is 0 Å². The molecule has 0 radical (unpaired) electrons. The summed E-state index contributed by atoms with van der Waals surface area (Å²) in [4.78, 5) is 95.7. The van der Waals surface area contributed by atoms with Crippen molar-refractivity contribution in [3.8, 4) is 22.6 Å². The number of nitrogens with one attached hydrogen (secondary N) is 1. The molecule has 3 rings (SSSR count). The lowest BCUT2D eigenvalue weighted by Gasteiger charge is -2.32. The van der Waals surface area contributed by atoms with Gasteiger partial charge in [0.05, 0.1) is 6.04 Å². The van der Waals surface area contributed by atoms with Gasteiger partial charge in [-0.1, -0.05) is 71.9 Å². The summed E-state index contributed by atoms with van der Waals surface area (Å²) in [6, 6.07) is 6.77. The van der Waals surface area contributed by atoms with E-state index in [-0.39, 0.29) is 84.3 Å². The molecule has 0 fully saturated rings. The number of fused-ring (bicyclic) bond motifs is 5. The van der Waals surface area contributed by atoms with E-state index in [0.29, 0.717) is 56.2 Å². The number of phenols is 2. The van der Waals surface area contributed by atoms with Gasteiger partial charge >= 0.3 is 0 Å². The minimum Gasteiger partial charge on any atom is -0.507 e. The van der Waals surface area contributed by atoms with Crippen LogP contribution >= 0.6 is 0 Å². The third-order valence-electron chi connectivity index (χ3n) is 11.5. The standard InChI is InChI=1S/C47H67N3O9/c1-6-8-9-10-11-16-35(51)17-14-18-36(52)28-34(15-12-13-23-48)47(59)50(5)45-33-20-22-42(55)38(29-33)37-26-32(19-21-41(37)54)27-39(43(56)24-30(3)40(53)7-2)49-46(58)31(4)25-44(45)57/h19-22,26,29-31,34,39,45,54-55H,6-18,23-25,27-28,48H2,1-5H3,(H,49,58)/t30-,31-,34-,39+,45+/m1/s1. The van der Waals surface area contributed by atoms with E-state index >= 15 is 0 Å². The first-order chi connectivity index (χ1) is 28.1. The van der Waals surface area contributed by atoms with Crippen molar-refractivity contribution in [2.24, 2.45) is 23.5 Å². The minimum atomic E-state index is -1.24. The Labute approximate surface area is 350 Å². The number of benzene rings is 2. The third-order valence-corrected chi connectivity index (χ3v) is 11.5. The quantitative estimate of drug-likeness (QED) is 0.0826. The highest BCUT2D eigenvalue weighted by molar-refractivity contribution is 5.97.